The van der Waals surface area contributed by atoms with E-state index in [0.717, 1.165) is 11.0 Å². The number of hydrogen-bond donors (Lipinski definition) is 0. The summed E-state index contributed by atoms with van der Waals surface area (Å²) in [5.74, 6) is -0.559. The summed E-state index contributed by atoms with van der Waals surface area (Å²) < 4.78 is 14.9. The van der Waals surface area contributed by atoms with Crippen molar-refractivity contribution < 1.29 is 14.3 Å². The van der Waals surface area contributed by atoms with Gasteiger partial charge in [0.1, 0.15) is 12.1 Å². The second-order valence-corrected chi connectivity index (χ2v) is 7.13. The molecule has 1 spiro atoms. The minimum Gasteiger partial charge on any atom is -0.347 e. The lowest BCUT2D eigenvalue weighted by atomic mass is 10.0. The van der Waals surface area contributed by atoms with Crippen LogP contribution in [-0.2, 0) is 20.8 Å². The molecule has 0 aliphatic carbocycles. The first-order chi connectivity index (χ1) is 13.2. The Kier molecular flexibility index (Phi) is 3.80. The summed E-state index contributed by atoms with van der Waals surface area (Å²) in [6.07, 6.45) is 3.22. The van der Waals surface area contributed by atoms with E-state index in [0.29, 0.717) is 44.7 Å². The standard InChI is InChI=1S/C20H21N3O4/c24-18(21-10-7-20(8-11-21)26-12-13-27-20)14-23-16-5-2-1-4-15(16)22-9-3-6-17(22)19(23)25/h1-6,9H,7-8,10-14H2. The zero-order chi connectivity index (χ0) is 18.4. The van der Waals surface area contributed by atoms with Gasteiger partial charge >= 0.3 is 0 Å². The Morgan fingerprint density at radius 1 is 0.963 bits per heavy atom. The number of amides is 1. The number of rotatable bonds is 2. The maximum absolute atomic E-state index is 13.0. The number of piperidine rings is 1. The van der Waals surface area contributed by atoms with E-state index in [4.69, 9.17) is 9.47 Å². The Morgan fingerprint density at radius 2 is 1.63 bits per heavy atom. The molecule has 0 bridgehead atoms. The van der Waals surface area contributed by atoms with Crippen molar-refractivity contribution in [2.45, 2.75) is 25.2 Å². The summed E-state index contributed by atoms with van der Waals surface area (Å²) in [6, 6.07) is 11.3. The summed E-state index contributed by atoms with van der Waals surface area (Å²) in [7, 11) is 0. The first kappa shape index (κ1) is 16.5. The van der Waals surface area contributed by atoms with E-state index in [-0.39, 0.29) is 18.0 Å². The van der Waals surface area contributed by atoms with Crippen molar-refractivity contribution in [2.24, 2.45) is 0 Å². The number of nitrogens with zero attached hydrogens (tertiary/aromatic N) is 3. The largest absolute Gasteiger partial charge is 0.347 e. The molecule has 0 saturated carbocycles. The summed E-state index contributed by atoms with van der Waals surface area (Å²) >= 11 is 0. The minimum absolute atomic E-state index is 0.0374. The van der Waals surface area contributed by atoms with Crippen LogP contribution < -0.4 is 5.56 Å². The molecule has 0 atom stereocenters. The van der Waals surface area contributed by atoms with Crippen molar-refractivity contribution in [2.75, 3.05) is 26.3 Å². The number of aromatic nitrogens is 2. The number of carbonyl (C=O) groups excluding carboxylic acids is 1. The van der Waals surface area contributed by atoms with Crippen molar-refractivity contribution in [3.63, 3.8) is 0 Å². The summed E-state index contributed by atoms with van der Waals surface area (Å²) in [4.78, 5) is 27.7. The molecule has 5 rings (SSSR count). The number of carbonyl (C=O) groups is 1. The Bertz CT molecular complexity index is 1070. The number of ether oxygens (including phenoxy) is 2. The van der Waals surface area contributed by atoms with Crippen LogP contribution in [0.1, 0.15) is 12.8 Å². The molecule has 2 aromatic heterocycles. The van der Waals surface area contributed by atoms with Crippen LogP contribution in [0.4, 0.5) is 0 Å². The Balaban J connectivity index is 1.45. The van der Waals surface area contributed by atoms with Gasteiger partial charge in [-0.3, -0.25) is 14.2 Å². The number of benzene rings is 1. The third kappa shape index (κ3) is 2.65. The highest BCUT2D eigenvalue weighted by atomic mass is 16.7. The van der Waals surface area contributed by atoms with Gasteiger partial charge in [-0.25, -0.2) is 0 Å². The van der Waals surface area contributed by atoms with E-state index in [1.807, 2.05) is 40.9 Å². The van der Waals surface area contributed by atoms with Crippen LogP contribution in [0.5, 0.6) is 0 Å². The molecule has 0 N–H and O–H groups in total. The van der Waals surface area contributed by atoms with Crippen LogP contribution >= 0.6 is 0 Å². The minimum atomic E-state index is -0.509. The van der Waals surface area contributed by atoms with Crippen LogP contribution in [0.25, 0.3) is 16.6 Å². The van der Waals surface area contributed by atoms with Crippen molar-refractivity contribution in [3.05, 3.63) is 52.9 Å². The molecule has 2 aliphatic heterocycles. The van der Waals surface area contributed by atoms with Gasteiger partial charge in [0, 0.05) is 32.1 Å². The summed E-state index contributed by atoms with van der Waals surface area (Å²) in [5, 5.41) is 0. The third-order valence-electron chi connectivity index (χ3n) is 5.63. The molecule has 0 radical (unpaired) electrons. The number of hydrogen-bond acceptors (Lipinski definition) is 4. The van der Waals surface area contributed by atoms with Crippen molar-refractivity contribution in [1.29, 1.82) is 0 Å². The molecule has 2 aliphatic rings. The zero-order valence-corrected chi connectivity index (χ0v) is 15.0. The fourth-order valence-electron chi connectivity index (χ4n) is 4.18. The predicted molar refractivity (Wildman–Crippen MR) is 99.6 cm³/mol. The maximum Gasteiger partial charge on any atom is 0.275 e. The molecule has 2 fully saturated rings. The molecule has 7 nitrogen and oxygen atoms in total. The monoisotopic (exact) mass is 367 g/mol. The Morgan fingerprint density at radius 3 is 2.37 bits per heavy atom. The molecule has 3 aromatic rings. The van der Waals surface area contributed by atoms with Crippen LogP contribution in [0.15, 0.2) is 47.4 Å². The normalized spacial score (nSPS) is 19.3. The smallest absolute Gasteiger partial charge is 0.275 e. The molecule has 4 heterocycles. The van der Waals surface area contributed by atoms with Crippen molar-refractivity contribution in [3.8, 4) is 0 Å². The zero-order valence-electron chi connectivity index (χ0n) is 15.0. The quantitative estimate of drug-likeness (QED) is 0.690. The summed E-state index contributed by atoms with van der Waals surface area (Å²) in [6.45, 7) is 2.44. The predicted octanol–water partition coefficient (Wildman–Crippen LogP) is 1.62. The SMILES string of the molecule is O=C(Cn1c(=O)c2cccn2c2ccccc21)N1CCC2(CC1)OCCO2. The third-order valence-corrected chi connectivity index (χ3v) is 5.63. The number of fused-ring (bicyclic) bond motifs is 3. The lowest BCUT2D eigenvalue weighted by Crippen LogP contribution is -2.48. The second kappa shape index (κ2) is 6.21. The highest BCUT2D eigenvalue weighted by molar-refractivity contribution is 5.82. The van der Waals surface area contributed by atoms with Gasteiger partial charge in [0.05, 0.1) is 24.2 Å². The average Bonchev–Trinajstić information content (AvgIpc) is 3.36. The van der Waals surface area contributed by atoms with Crippen molar-refractivity contribution in [1.82, 2.24) is 13.9 Å². The van der Waals surface area contributed by atoms with Gasteiger partial charge in [0.2, 0.25) is 5.91 Å². The highest BCUT2D eigenvalue weighted by Gasteiger charge is 2.40. The van der Waals surface area contributed by atoms with Gasteiger partial charge in [0.25, 0.3) is 5.56 Å². The van der Waals surface area contributed by atoms with E-state index < -0.39 is 5.79 Å². The first-order valence-corrected chi connectivity index (χ1v) is 9.31. The molecule has 1 aromatic carbocycles. The molecule has 140 valence electrons. The number of likely N-dealkylation sites (tertiary alicyclic amines) is 1. The van der Waals surface area contributed by atoms with Crippen LogP contribution in [0, 0.1) is 0 Å². The van der Waals surface area contributed by atoms with Crippen molar-refractivity contribution >= 4 is 22.5 Å². The van der Waals surface area contributed by atoms with Gasteiger partial charge in [0.15, 0.2) is 5.79 Å². The molecule has 27 heavy (non-hydrogen) atoms. The fraction of sp³-hybridized carbons (Fsp3) is 0.400. The summed E-state index contributed by atoms with van der Waals surface area (Å²) in [5.41, 5.74) is 2.10. The molecule has 7 heteroatoms. The maximum atomic E-state index is 13.0. The van der Waals surface area contributed by atoms with Gasteiger partial charge in [-0.05, 0) is 24.3 Å². The molecular weight excluding hydrogens is 346 g/mol. The van der Waals surface area contributed by atoms with E-state index in [1.54, 1.807) is 15.5 Å². The first-order valence-electron chi connectivity index (χ1n) is 9.31. The molecule has 2 saturated heterocycles. The fourth-order valence-corrected chi connectivity index (χ4v) is 4.18. The number of para-hydroxylation sites is 2. The Labute approximate surface area is 155 Å². The molecule has 1 amide bonds. The van der Waals surface area contributed by atoms with Gasteiger partial charge in [-0.2, -0.15) is 0 Å². The lowest BCUT2D eigenvalue weighted by Gasteiger charge is -2.37. The van der Waals surface area contributed by atoms with Crippen LogP contribution in [0.2, 0.25) is 0 Å². The Hall–Kier alpha value is -2.64. The van der Waals surface area contributed by atoms with E-state index in [1.165, 1.54) is 0 Å². The van der Waals surface area contributed by atoms with Crippen LogP contribution in [-0.4, -0.2) is 51.9 Å². The molecule has 0 unspecified atom stereocenters. The van der Waals surface area contributed by atoms with Gasteiger partial charge in [-0.1, -0.05) is 12.1 Å². The lowest BCUT2D eigenvalue weighted by molar-refractivity contribution is -0.187. The second-order valence-electron chi connectivity index (χ2n) is 7.13. The topological polar surface area (TPSA) is 65.2 Å². The van der Waals surface area contributed by atoms with Crippen LogP contribution in [0.3, 0.4) is 0 Å². The van der Waals surface area contributed by atoms with Gasteiger partial charge < -0.3 is 18.8 Å². The van der Waals surface area contributed by atoms with E-state index >= 15 is 0 Å². The van der Waals surface area contributed by atoms with Gasteiger partial charge in [-0.15, -0.1) is 0 Å². The highest BCUT2D eigenvalue weighted by Crippen LogP contribution is 2.31. The molecular formula is C20H21N3O4. The van der Waals surface area contributed by atoms with E-state index in [2.05, 4.69) is 0 Å². The average molecular weight is 367 g/mol. The van der Waals surface area contributed by atoms with E-state index in [9.17, 15) is 9.59 Å².